The number of ketones is 1. The van der Waals surface area contributed by atoms with Crippen LogP contribution in [0.3, 0.4) is 0 Å². The molecule has 0 bridgehead atoms. The molecule has 0 saturated carbocycles. The Labute approximate surface area is 307 Å². The molecular weight excluding hydrogens is 701 g/mol. The van der Waals surface area contributed by atoms with Crippen molar-refractivity contribution in [1.82, 2.24) is 0 Å². The van der Waals surface area contributed by atoms with E-state index in [2.05, 4.69) is 126 Å². The van der Waals surface area contributed by atoms with E-state index in [0.717, 1.165) is 41.2 Å². The minimum Gasteiger partial charge on any atom is -0.293 e. The van der Waals surface area contributed by atoms with Gasteiger partial charge in [-0.15, -0.1) is 42.2 Å². The summed E-state index contributed by atoms with van der Waals surface area (Å²) >= 11 is 3.80. The van der Waals surface area contributed by atoms with Gasteiger partial charge < -0.3 is 0 Å². The van der Waals surface area contributed by atoms with Crippen LogP contribution in [0.4, 0.5) is 0 Å². The van der Waals surface area contributed by atoms with E-state index in [-0.39, 0.29) is 46.7 Å². The fourth-order valence-electron chi connectivity index (χ4n) is 6.29. The second-order valence-corrected chi connectivity index (χ2v) is 14.1. The van der Waals surface area contributed by atoms with Crippen LogP contribution in [0, 0.1) is 74.9 Å². The average molecular weight is 745 g/mol. The molecule has 44 heavy (non-hydrogen) atoms. The van der Waals surface area contributed by atoms with Gasteiger partial charge in [-0.05, 0) is 87.1 Å². The number of carbonyl (C=O) groups excluding carboxylic acids is 1. The number of benzene rings is 4. The Balaban J connectivity index is 0.000000197. The van der Waals surface area contributed by atoms with Crippen molar-refractivity contribution >= 4 is 29.3 Å². The molecule has 0 spiro atoms. The molecule has 0 amide bonds. The Kier molecular flexibility index (Phi) is 12.5. The average Bonchev–Trinajstić information content (AvgIpc) is 3.00. The van der Waals surface area contributed by atoms with Gasteiger partial charge in [-0.2, -0.15) is 23.6 Å². The number of hydrogen-bond acceptors (Lipinski definition) is 3. The summed E-state index contributed by atoms with van der Waals surface area (Å²) < 4.78 is 0. The first-order chi connectivity index (χ1) is 20.8. The van der Waals surface area contributed by atoms with E-state index < -0.39 is 0 Å². The van der Waals surface area contributed by atoms with Crippen molar-refractivity contribution in [2.75, 3.05) is 11.5 Å². The van der Waals surface area contributed by atoms with Crippen molar-refractivity contribution in [3.63, 3.8) is 0 Å². The van der Waals surface area contributed by atoms with E-state index in [1.807, 2.05) is 29.6 Å². The summed E-state index contributed by atoms with van der Waals surface area (Å²) in [7, 11) is 0. The fourth-order valence-corrected chi connectivity index (χ4v) is 9.05. The summed E-state index contributed by atoms with van der Waals surface area (Å²) in [6.45, 7) is 14.6. The summed E-state index contributed by atoms with van der Waals surface area (Å²) in [5, 5.41) is 0. The molecule has 4 aromatic carbocycles. The van der Waals surface area contributed by atoms with Crippen molar-refractivity contribution in [3.8, 4) is 0 Å². The van der Waals surface area contributed by atoms with Gasteiger partial charge in [0.25, 0.3) is 0 Å². The SMILES string of the molecule is C=CC[C@@H]1c2ccc(C)cc2SC[C-]1c1ccc(C)cc1.CCCC1(c2ccc(C)cc2)CSc2cc(C)ccc2C1=O.[Pr]. The third-order valence-corrected chi connectivity index (χ3v) is 11.2. The molecule has 1 nitrogen and oxygen atoms in total. The zero-order chi connectivity index (χ0) is 30.6. The molecule has 0 fully saturated rings. The van der Waals surface area contributed by atoms with Crippen molar-refractivity contribution in [1.29, 1.82) is 0 Å². The minimum absolute atomic E-state index is 0. The molecule has 4 heteroatoms. The largest absolute Gasteiger partial charge is 0.293 e. The molecule has 1 unspecified atom stereocenters. The van der Waals surface area contributed by atoms with Crippen molar-refractivity contribution in [2.24, 2.45) is 0 Å². The van der Waals surface area contributed by atoms with Crippen LogP contribution >= 0.6 is 23.5 Å². The predicted octanol–water partition coefficient (Wildman–Crippen LogP) is 11.0. The van der Waals surface area contributed by atoms with E-state index >= 15 is 0 Å². The van der Waals surface area contributed by atoms with Crippen LogP contribution in [-0.4, -0.2) is 17.3 Å². The topological polar surface area (TPSA) is 17.1 Å². The maximum absolute atomic E-state index is 13.3. The molecule has 1 radical (unpaired) electrons. The van der Waals surface area contributed by atoms with E-state index in [1.54, 1.807) is 0 Å². The molecule has 0 aliphatic carbocycles. The van der Waals surface area contributed by atoms with Crippen LogP contribution in [0.15, 0.2) is 107 Å². The first kappa shape index (κ1) is 35.1. The molecule has 0 aromatic heterocycles. The predicted molar refractivity (Wildman–Crippen MR) is 187 cm³/mol. The number of rotatable bonds is 6. The van der Waals surface area contributed by atoms with Gasteiger partial charge in [0.1, 0.15) is 0 Å². The van der Waals surface area contributed by atoms with Crippen molar-refractivity contribution in [2.45, 2.75) is 75.0 Å². The first-order valence-corrected chi connectivity index (χ1v) is 17.3. The van der Waals surface area contributed by atoms with Crippen LogP contribution < -0.4 is 0 Å². The molecule has 2 atom stereocenters. The third-order valence-electron chi connectivity index (χ3n) is 8.74. The Hall–Kier alpha value is -1.78. The van der Waals surface area contributed by atoms with Crippen LogP contribution in [0.1, 0.15) is 81.4 Å². The van der Waals surface area contributed by atoms with Crippen molar-refractivity contribution < 1.29 is 46.1 Å². The van der Waals surface area contributed by atoms with Gasteiger partial charge in [-0.25, -0.2) is 0 Å². The number of fused-ring (bicyclic) bond motifs is 2. The Morgan fingerprint density at radius 1 is 0.818 bits per heavy atom. The molecular formula is C40H43OPrS2-. The molecule has 2 heterocycles. The van der Waals surface area contributed by atoms with Gasteiger partial charge in [0, 0.05) is 62.4 Å². The second-order valence-electron chi connectivity index (χ2n) is 12.1. The minimum atomic E-state index is -0.366. The maximum atomic E-state index is 13.3. The van der Waals surface area contributed by atoms with E-state index in [1.165, 1.54) is 49.8 Å². The van der Waals surface area contributed by atoms with E-state index in [4.69, 9.17) is 0 Å². The van der Waals surface area contributed by atoms with Crippen LogP contribution in [0.25, 0.3) is 0 Å². The second kappa shape index (κ2) is 15.7. The van der Waals surface area contributed by atoms with Gasteiger partial charge >= 0.3 is 0 Å². The van der Waals surface area contributed by atoms with Gasteiger partial charge in [-0.3, -0.25) is 4.79 Å². The third kappa shape index (κ3) is 7.60. The van der Waals surface area contributed by atoms with Crippen LogP contribution in [0.2, 0.25) is 0 Å². The summed E-state index contributed by atoms with van der Waals surface area (Å²) in [6.07, 6.45) is 4.99. The van der Waals surface area contributed by atoms with E-state index in [9.17, 15) is 4.79 Å². The molecule has 4 aromatic rings. The summed E-state index contributed by atoms with van der Waals surface area (Å²) in [5.74, 6) is 4.24. The van der Waals surface area contributed by atoms with Crippen molar-refractivity contribution in [3.05, 3.63) is 148 Å². The number of allylic oxidation sites excluding steroid dienone is 1. The summed E-state index contributed by atoms with van der Waals surface area (Å²) in [4.78, 5) is 15.9. The molecule has 6 rings (SSSR count). The first-order valence-electron chi connectivity index (χ1n) is 15.4. The zero-order valence-electron chi connectivity index (χ0n) is 26.8. The summed E-state index contributed by atoms with van der Waals surface area (Å²) in [5.41, 5.74) is 9.67. The number of carbonyl (C=O) groups is 1. The number of hydrogen-bond donors (Lipinski definition) is 0. The molecule has 225 valence electrons. The van der Waals surface area contributed by atoms with Gasteiger partial charge in [0.05, 0.1) is 5.41 Å². The standard InChI is InChI=1S/C20H22OS.C20H21S.Pr/c1-4-11-20(16-8-5-14(2)6-9-16)13-22-18-12-15(3)7-10-17(18)19(20)21;1-4-5-17-18-11-8-15(3)12-20(18)21-13-19(17)16-9-6-14(2)7-10-16;/h5-10,12H,4,11,13H2,1-3H3;4,6-12,17H,1,5,13H2,2-3H3;/q;-1;/t;17-;/m.1./s1. The van der Waals surface area contributed by atoms with Gasteiger partial charge in [0.15, 0.2) is 5.78 Å². The zero-order valence-corrected chi connectivity index (χ0v) is 32.1. The number of thioether (sulfide) groups is 2. The quantitative estimate of drug-likeness (QED) is 0.145. The fraction of sp³-hybridized carbons (Fsp3) is 0.300. The van der Waals surface area contributed by atoms with Gasteiger partial charge in [-0.1, -0.05) is 78.6 Å². The molecule has 2 aliphatic rings. The number of aryl methyl sites for hydroxylation is 4. The summed E-state index contributed by atoms with van der Waals surface area (Å²) in [6, 6.07) is 30.5. The maximum Gasteiger partial charge on any atom is 0.175 e. The Bertz CT molecular complexity index is 1590. The molecule has 0 saturated heterocycles. The molecule has 2 aliphatic heterocycles. The van der Waals surface area contributed by atoms with Gasteiger partial charge in [0.2, 0.25) is 0 Å². The monoisotopic (exact) mass is 744 g/mol. The smallest absolute Gasteiger partial charge is 0.175 e. The van der Waals surface area contributed by atoms with E-state index in [0.29, 0.717) is 11.7 Å². The van der Waals surface area contributed by atoms with Crippen LogP contribution in [0.5, 0.6) is 0 Å². The normalized spacial score (nSPS) is 18.7. The Morgan fingerprint density at radius 3 is 2.05 bits per heavy atom. The number of Topliss-reactive ketones (excluding diaryl/α,β-unsaturated/α-hetero) is 1. The Morgan fingerprint density at radius 2 is 1.41 bits per heavy atom. The molecule has 0 N–H and O–H groups in total. The van der Waals surface area contributed by atoms with Crippen LogP contribution in [-0.2, 0) is 5.41 Å².